The summed E-state index contributed by atoms with van der Waals surface area (Å²) in [6, 6.07) is 8.14. The number of guanidine groups is 1. The number of nitrogens with zero attached hydrogens (tertiary/aromatic N) is 2. The van der Waals surface area contributed by atoms with Gasteiger partial charge in [-0.2, -0.15) is 0 Å². The second kappa shape index (κ2) is 10.6. The summed E-state index contributed by atoms with van der Waals surface area (Å²) in [5.41, 5.74) is 1.07. The molecule has 25 heavy (non-hydrogen) atoms. The number of rotatable bonds is 8. The zero-order valence-corrected chi connectivity index (χ0v) is 17.6. The molecule has 2 heterocycles. The van der Waals surface area contributed by atoms with Crippen molar-refractivity contribution in [2.45, 2.75) is 32.9 Å². The van der Waals surface area contributed by atoms with Crippen molar-refractivity contribution < 1.29 is 4.74 Å². The molecule has 0 bridgehead atoms. The van der Waals surface area contributed by atoms with Gasteiger partial charge in [-0.05, 0) is 42.7 Å². The van der Waals surface area contributed by atoms with Crippen LogP contribution >= 0.6 is 35.3 Å². The van der Waals surface area contributed by atoms with E-state index in [1.54, 1.807) is 11.3 Å². The van der Waals surface area contributed by atoms with E-state index in [0.717, 1.165) is 37.1 Å². The molecule has 2 aromatic rings. The van der Waals surface area contributed by atoms with Gasteiger partial charge in [0.05, 0.1) is 19.7 Å². The third-order valence-electron chi connectivity index (χ3n) is 3.74. The number of nitrogens with one attached hydrogen (secondary N) is 2. The number of hydrogen-bond acceptors (Lipinski definition) is 4. The van der Waals surface area contributed by atoms with Crippen molar-refractivity contribution >= 4 is 41.3 Å². The molecule has 7 heteroatoms. The van der Waals surface area contributed by atoms with Crippen LogP contribution in [0.1, 0.15) is 30.2 Å². The van der Waals surface area contributed by atoms with Gasteiger partial charge in [0.15, 0.2) is 5.96 Å². The van der Waals surface area contributed by atoms with E-state index in [0.29, 0.717) is 12.4 Å². The fourth-order valence-corrected chi connectivity index (χ4v) is 2.82. The number of ether oxygens (including phenoxy) is 1. The maximum absolute atomic E-state index is 5.66. The fourth-order valence-electron chi connectivity index (χ4n) is 2.17. The smallest absolute Gasteiger partial charge is 0.213 e. The molecule has 1 fully saturated rings. The molecule has 0 aliphatic heterocycles. The van der Waals surface area contributed by atoms with Crippen molar-refractivity contribution in [1.29, 1.82) is 0 Å². The van der Waals surface area contributed by atoms with Gasteiger partial charge in [0.25, 0.3) is 0 Å². The summed E-state index contributed by atoms with van der Waals surface area (Å²) in [4.78, 5) is 10.3. The van der Waals surface area contributed by atoms with E-state index in [2.05, 4.69) is 45.0 Å². The Morgan fingerprint density at radius 2 is 2.20 bits per heavy atom. The molecule has 3 rings (SSSR count). The summed E-state index contributed by atoms with van der Waals surface area (Å²) in [6.45, 7) is 5.07. The SMILES string of the molecule is CCNC(=NCc1ccc(OCC2CC2)nc1)NCc1cccs1.I. The first kappa shape index (κ1) is 20.0. The van der Waals surface area contributed by atoms with Gasteiger partial charge in [0.2, 0.25) is 5.88 Å². The molecule has 2 N–H and O–H groups in total. The summed E-state index contributed by atoms with van der Waals surface area (Å²) < 4.78 is 5.66. The molecule has 2 aromatic heterocycles. The lowest BCUT2D eigenvalue weighted by Crippen LogP contribution is -2.36. The highest BCUT2D eigenvalue weighted by Crippen LogP contribution is 2.29. The minimum Gasteiger partial charge on any atom is -0.477 e. The van der Waals surface area contributed by atoms with Gasteiger partial charge in [0.1, 0.15) is 0 Å². The van der Waals surface area contributed by atoms with Gasteiger partial charge in [-0.15, -0.1) is 35.3 Å². The summed E-state index contributed by atoms with van der Waals surface area (Å²) >= 11 is 1.74. The molecular formula is C18H25IN4OS. The highest BCUT2D eigenvalue weighted by molar-refractivity contribution is 14.0. The first-order chi connectivity index (χ1) is 11.8. The second-order valence-electron chi connectivity index (χ2n) is 5.89. The molecule has 0 radical (unpaired) electrons. The lowest BCUT2D eigenvalue weighted by atomic mass is 10.3. The molecule has 0 spiro atoms. The number of halogens is 1. The van der Waals surface area contributed by atoms with Crippen molar-refractivity contribution in [2.24, 2.45) is 10.9 Å². The quantitative estimate of drug-likeness (QED) is 0.349. The maximum atomic E-state index is 5.66. The maximum Gasteiger partial charge on any atom is 0.213 e. The van der Waals surface area contributed by atoms with Crippen LogP contribution in [0.5, 0.6) is 5.88 Å². The van der Waals surface area contributed by atoms with Gasteiger partial charge < -0.3 is 15.4 Å². The van der Waals surface area contributed by atoms with Crippen molar-refractivity contribution in [2.75, 3.05) is 13.2 Å². The van der Waals surface area contributed by atoms with E-state index < -0.39 is 0 Å². The van der Waals surface area contributed by atoms with Crippen molar-refractivity contribution in [3.63, 3.8) is 0 Å². The first-order valence-electron chi connectivity index (χ1n) is 8.46. The molecule has 0 unspecified atom stereocenters. The Morgan fingerprint density at radius 1 is 1.32 bits per heavy atom. The largest absolute Gasteiger partial charge is 0.477 e. The number of hydrogen-bond donors (Lipinski definition) is 2. The standard InChI is InChI=1S/C18H24N4OS.HI/c1-2-19-18(22-12-16-4-3-9-24-16)21-11-15-7-8-17(20-10-15)23-13-14-5-6-14;/h3-4,7-10,14H,2,5-6,11-13H2,1H3,(H2,19,21,22);1H. The van der Waals surface area contributed by atoms with E-state index in [1.807, 2.05) is 18.3 Å². The van der Waals surface area contributed by atoms with Gasteiger partial charge in [0, 0.05) is 23.7 Å². The Kier molecular flexibility index (Phi) is 8.47. The van der Waals surface area contributed by atoms with Gasteiger partial charge in [-0.1, -0.05) is 12.1 Å². The predicted octanol–water partition coefficient (Wildman–Crippen LogP) is 3.81. The fraction of sp³-hybridized carbons (Fsp3) is 0.444. The first-order valence-corrected chi connectivity index (χ1v) is 9.33. The summed E-state index contributed by atoms with van der Waals surface area (Å²) in [7, 11) is 0. The minimum atomic E-state index is 0. The molecule has 1 saturated carbocycles. The third kappa shape index (κ3) is 7.19. The average molecular weight is 472 g/mol. The van der Waals surface area contributed by atoms with Gasteiger partial charge in [-0.3, -0.25) is 0 Å². The summed E-state index contributed by atoms with van der Waals surface area (Å²) in [6.07, 6.45) is 4.42. The van der Waals surface area contributed by atoms with Crippen LogP contribution in [0, 0.1) is 5.92 Å². The van der Waals surface area contributed by atoms with Crippen LogP contribution in [0.4, 0.5) is 0 Å². The lowest BCUT2D eigenvalue weighted by molar-refractivity contribution is 0.288. The summed E-state index contributed by atoms with van der Waals surface area (Å²) in [5.74, 6) is 2.27. The zero-order valence-electron chi connectivity index (χ0n) is 14.4. The Labute approximate surface area is 170 Å². The van der Waals surface area contributed by atoms with E-state index in [-0.39, 0.29) is 24.0 Å². The zero-order chi connectivity index (χ0) is 16.6. The Bertz CT molecular complexity index is 642. The highest BCUT2D eigenvalue weighted by atomic mass is 127. The number of aliphatic imine (C=N–C) groups is 1. The van der Waals surface area contributed by atoms with Crippen molar-refractivity contribution in [3.05, 3.63) is 46.3 Å². The highest BCUT2D eigenvalue weighted by Gasteiger charge is 2.21. The molecule has 1 aliphatic carbocycles. The second-order valence-corrected chi connectivity index (χ2v) is 6.92. The normalized spacial score (nSPS) is 13.9. The van der Waals surface area contributed by atoms with Crippen LogP contribution in [0.25, 0.3) is 0 Å². The molecule has 1 aliphatic rings. The van der Waals surface area contributed by atoms with Crippen molar-refractivity contribution in [1.82, 2.24) is 15.6 Å². The van der Waals surface area contributed by atoms with Gasteiger partial charge in [-0.25, -0.2) is 9.98 Å². The Balaban J connectivity index is 0.00000225. The van der Waals surface area contributed by atoms with E-state index in [9.17, 15) is 0 Å². The van der Waals surface area contributed by atoms with Crippen LogP contribution in [0.15, 0.2) is 40.8 Å². The predicted molar refractivity (Wildman–Crippen MR) is 114 cm³/mol. The molecule has 0 saturated heterocycles. The molecule has 0 aromatic carbocycles. The van der Waals surface area contributed by atoms with Crippen LogP contribution in [-0.2, 0) is 13.1 Å². The van der Waals surface area contributed by atoms with Crippen LogP contribution in [0.2, 0.25) is 0 Å². The summed E-state index contributed by atoms with van der Waals surface area (Å²) in [5, 5.41) is 8.70. The number of aromatic nitrogens is 1. The molecule has 136 valence electrons. The van der Waals surface area contributed by atoms with Gasteiger partial charge >= 0.3 is 0 Å². The van der Waals surface area contributed by atoms with Crippen LogP contribution < -0.4 is 15.4 Å². The van der Waals surface area contributed by atoms with Crippen molar-refractivity contribution in [3.8, 4) is 5.88 Å². The monoisotopic (exact) mass is 472 g/mol. The Morgan fingerprint density at radius 3 is 2.84 bits per heavy atom. The third-order valence-corrected chi connectivity index (χ3v) is 4.61. The molecule has 5 nitrogen and oxygen atoms in total. The van der Waals surface area contributed by atoms with E-state index in [4.69, 9.17) is 4.74 Å². The molecule has 0 amide bonds. The minimum absolute atomic E-state index is 0. The average Bonchev–Trinajstić information content (AvgIpc) is 3.30. The van der Waals surface area contributed by atoms with E-state index >= 15 is 0 Å². The molecule has 0 atom stereocenters. The number of thiophene rings is 1. The Hall–Kier alpha value is -1.35. The van der Waals surface area contributed by atoms with E-state index in [1.165, 1.54) is 17.7 Å². The van der Waals surface area contributed by atoms with Crippen LogP contribution in [-0.4, -0.2) is 24.1 Å². The van der Waals surface area contributed by atoms with Crippen LogP contribution in [0.3, 0.4) is 0 Å². The number of pyridine rings is 1. The lowest BCUT2D eigenvalue weighted by Gasteiger charge is -2.10. The molecular weight excluding hydrogens is 447 g/mol. The topological polar surface area (TPSA) is 58.5 Å².